The Morgan fingerprint density at radius 3 is 3.00 bits per heavy atom. The number of rotatable bonds is 3. The minimum atomic E-state index is 0.101. The van der Waals surface area contributed by atoms with Gasteiger partial charge in [0.2, 0.25) is 5.91 Å². The molecule has 0 saturated carbocycles. The van der Waals surface area contributed by atoms with Gasteiger partial charge in [0.05, 0.1) is 0 Å². The molecule has 0 bridgehead atoms. The summed E-state index contributed by atoms with van der Waals surface area (Å²) in [6.45, 7) is 4.10. The molecule has 1 aromatic rings. The van der Waals surface area contributed by atoms with E-state index in [1.54, 1.807) is 0 Å². The molecule has 2 heteroatoms. The summed E-state index contributed by atoms with van der Waals surface area (Å²) in [5.41, 5.74) is 3.40. The summed E-state index contributed by atoms with van der Waals surface area (Å²) in [6.07, 6.45) is 5.76. The number of hydrogen-bond donors (Lipinski definition) is 1. The lowest BCUT2D eigenvalue weighted by Crippen LogP contribution is -2.14. The highest BCUT2D eigenvalue weighted by molar-refractivity contribution is 5.93. The molecule has 1 aliphatic carbocycles. The first-order valence-corrected chi connectivity index (χ1v) is 5.75. The van der Waals surface area contributed by atoms with Crippen LogP contribution < -0.4 is 5.32 Å². The van der Waals surface area contributed by atoms with E-state index in [0.29, 0.717) is 12.3 Å². The van der Waals surface area contributed by atoms with Crippen LogP contribution in [0.15, 0.2) is 24.3 Å². The van der Waals surface area contributed by atoms with E-state index in [9.17, 15) is 4.79 Å². The number of hydrogen-bond acceptors (Lipinski definition) is 1. The minimum Gasteiger partial charge on any atom is -0.326 e. The Bertz CT molecular complexity index is 432. The maximum absolute atomic E-state index is 11.7. The Kier molecular flexibility index (Phi) is 3.09. The standard InChI is InChI=1S/C14H17NO/c1-10(2)9-14(16)15-13-8-4-6-11-5-3-7-12(11)13/h3-4,6-8,10H,5,9H2,1-2H3,(H,15,16). The molecular weight excluding hydrogens is 198 g/mol. The van der Waals surface area contributed by atoms with Crippen molar-refractivity contribution in [3.05, 3.63) is 35.4 Å². The van der Waals surface area contributed by atoms with Crippen LogP contribution in [0.2, 0.25) is 0 Å². The number of fused-ring (bicyclic) bond motifs is 1. The summed E-state index contributed by atoms with van der Waals surface area (Å²) in [5.74, 6) is 0.496. The van der Waals surface area contributed by atoms with Gasteiger partial charge < -0.3 is 5.32 Å². The van der Waals surface area contributed by atoms with Gasteiger partial charge >= 0.3 is 0 Å². The van der Waals surface area contributed by atoms with Crippen LogP contribution in [-0.4, -0.2) is 5.91 Å². The molecule has 0 aliphatic heterocycles. The number of amides is 1. The predicted octanol–water partition coefficient (Wildman–Crippen LogP) is 3.24. The lowest BCUT2D eigenvalue weighted by atomic mass is 10.1. The van der Waals surface area contributed by atoms with E-state index >= 15 is 0 Å². The van der Waals surface area contributed by atoms with Gasteiger partial charge in [0.25, 0.3) is 0 Å². The Hall–Kier alpha value is -1.57. The summed E-state index contributed by atoms with van der Waals surface area (Å²) in [7, 11) is 0. The zero-order valence-corrected chi connectivity index (χ0v) is 9.79. The van der Waals surface area contributed by atoms with Crippen molar-refractivity contribution >= 4 is 17.7 Å². The van der Waals surface area contributed by atoms with Gasteiger partial charge in [-0.3, -0.25) is 4.79 Å². The first kappa shape index (κ1) is 10.9. The predicted molar refractivity (Wildman–Crippen MR) is 67.3 cm³/mol. The number of anilines is 1. The fourth-order valence-electron chi connectivity index (χ4n) is 1.97. The van der Waals surface area contributed by atoms with E-state index in [2.05, 4.69) is 37.4 Å². The summed E-state index contributed by atoms with van der Waals surface area (Å²) in [6, 6.07) is 6.07. The number of carbonyl (C=O) groups excluding carboxylic acids is 1. The number of benzene rings is 1. The lowest BCUT2D eigenvalue weighted by molar-refractivity contribution is -0.116. The SMILES string of the molecule is CC(C)CC(=O)Nc1cccc2c1C=CC2. The van der Waals surface area contributed by atoms with Gasteiger partial charge in [0.15, 0.2) is 0 Å². The van der Waals surface area contributed by atoms with Crippen molar-refractivity contribution in [1.82, 2.24) is 0 Å². The summed E-state index contributed by atoms with van der Waals surface area (Å²) >= 11 is 0. The van der Waals surface area contributed by atoms with E-state index in [1.165, 1.54) is 11.1 Å². The van der Waals surface area contributed by atoms with Crippen LogP contribution >= 0.6 is 0 Å². The summed E-state index contributed by atoms with van der Waals surface area (Å²) in [5, 5.41) is 2.98. The van der Waals surface area contributed by atoms with Gasteiger partial charge in [-0.15, -0.1) is 0 Å². The lowest BCUT2D eigenvalue weighted by Gasteiger charge is -2.10. The van der Waals surface area contributed by atoms with Crippen molar-refractivity contribution in [2.45, 2.75) is 26.7 Å². The Morgan fingerprint density at radius 1 is 1.44 bits per heavy atom. The smallest absolute Gasteiger partial charge is 0.224 e. The highest BCUT2D eigenvalue weighted by Gasteiger charge is 2.12. The van der Waals surface area contributed by atoms with Crippen molar-refractivity contribution in [1.29, 1.82) is 0 Å². The first-order chi connectivity index (χ1) is 7.66. The third kappa shape index (κ3) is 2.32. The maximum atomic E-state index is 11.7. The Morgan fingerprint density at radius 2 is 2.25 bits per heavy atom. The zero-order valence-electron chi connectivity index (χ0n) is 9.79. The maximum Gasteiger partial charge on any atom is 0.224 e. The van der Waals surface area contributed by atoms with Crippen LogP contribution in [0, 0.1) is 5.92 Å². The van der Waals surface area contributed by atoms with Crippen molar-refractivity contribution in [2.75, 3.05) is 5.32 Å². The zero-order chi connectivity index (χ0) is 11.5. The second kappa shape index (κ2) is 4.52. The molecule has 0 saturated heterocycles. The Labute approximate surface area is 96.4 Å². The van der Waals surface area contributed by atoms with E-state index in [4.69, 9.17) is 0 Å². The molecule has 16 heavy (non-hydrogen) atoms. The van der Waals surface area contributed by atoms with Crippen LogP contribution in [0.1, 0.15) is 31.4 Å². The quantitative estimate of drug-likeness (QED) is 0.824. The molecule has 2 rings (SSSR count). The van der Waals surface area contributed by atoms with Gasteiger partial charge in [-0.2, -0.15) is 0 Å². The molecule has 1 aliphatic rings. The van der Waals surface area contributed by atoms with E-state index in [-0.39, 0.29) is 5.91 Å². The molecule has 0 radical (unpaired) electrons. The van der Waals surface area contributed by atoms with Crippen LogP contribution in [0.3, 0.4) is 0 Å². The van der Waals surface area contributed by atoms with E-state index < -0.39 is 0 Å². The fraction of sp³-hybridized carbons (Fsp3) is 0.357. The monoisotopic (exact) mass is 215 g/mol. The highest BCUT2D eigenvalue weighted by atomic mass is 16.1. The second-order valence-electron chi connectivity index (χ2n) is 4.63. The minimum absolute atomic E-state index is 0.101. The van der Waals surface area contributed by atoms with Crippen molar-refractivity contribution < 1.29 is 4.79 Å². The normalized spacial score (nSPS) is 12.9. The van der Waals surface area contributed by atoms with Crippen molar-refractivity contribution in [2.24, 2.45) is 5.92 Å². The van der Waals surface area contributed by atoms with Gasteiger partial charge in [0.1, 0.15) is 0 Å². The average Bonchev–Trinajstić information content (AvgIpc) is 2.65. The molecule has 0 unspecified atom stereocenters. The van der Waals surface area contributed by atoms with Gasteiger partial charge in [0, 0.05) is 17.7 Å². The van der Waals surface area contributed by atoms with Crippen molar-refractivity contribution in [3.63, 3.8) is 0 Å². The second-order valence-corrected chi connectivity index (χ2v) is 4.63. The highest BCUT2D eigenvalue weighted by Crippen LogP contribution is 2.27. The third-order valence-electron chi connectivity index (χ3n) is 2.69. The molecule has 0 fully saturated rings. The fourth-order valence-corrected chi connectivity index (χ4v) is 1.97. The number of nitrogens with one attached hydrogen (secondary N) is 1. The van der Waals surface area contributed by atoms with Crippen LogP contribution in [-0.2, 0) is 11.2 Å². The molecular formula is C14H17NO. The molecule has 0 spiro atoms. The van der Waals surface area contributed by atoms with Gasteiger partial charge in [-0.25, -0.2) is 0 Å². The first-order valence-electron chi connectivity index (χ1n) is 5.75. The largest absolute Gasteiger partial charge is 0.326 e. The topological polar surface area (TPSA) is 29.1 Å². The van der Waals surface area contributed by atoms with Gasteiger partial charge in [-0.05, 0) is 24.0 Å². The number of allylic oxidation sites excluding steroid dienone is 1. The van der Waals surface area contributed by atoms with Crippen LogP contribution in [0.5, 0.6) is 0 Å². The number of carbonyl (C=O) groups is 1. The third-order valence-corrected chi connectivity index (χ3v) is 2.69. The molecule has 84 valence electrons. The molecule has 1 amide bonds. The molecule has 1 N–H and O–H groups in total. The molecule has 0 aromatic heterocycles. The van der Waals surface area contributed by atoms with Crippen LogP contribution in [0.25, 0.3) is 6.08 Å². The van der Waals surface area contributed by atoms with Crippen LogP contribution in [0.4, 0.5) is 5.69 Å². The molecule has 2 nitrogen and oxygen atoms in total. The van der Waals surface area contributed by atoms with E-state index in [1.807, 2.05) is 12.1 Å². The van der Waals surface area contributed by atoms with Gasteiger partial charge in [-0.1, -0.05) is 38.1 Å². The molecule has 1 aromatic carbocycles. The van der Waals surface area contributed by atoms with E-state index in [0.717, 1.165) is 12.1 Å². The average molecular weight is 215 g/mol. The molecule has 0 heterocycles. The summed E-state index contributed by atoms with van der Waals surface area (Å²) < 4.78 is 0. The summed E-state index contributed by atoms with van der Waals surface area (Å²) in [4.78, 5) is 11.7. The Balaban J connectivity index is 2.13. The van der Waals surface area contributed by atoms with Crippen molar-refractivity contribution in [3.8, 4) is 0 Å². The molecule has 0 atom stereocenters.